The van der Waals surface area contributed by atoms with Crippen LogP contribution in [0.1, 0.15) is 33.1 Å². The first-order valence-corrected chi connectivity index (χ1v) is 10.9. The summed E-state index contributed by atoms with van der Waals surface area (Å²) < 4.78 is 18.9. The molecule has 2 N–H and O–H groups in total. The third-order valence-corrected chi connectivity index (χ3v) is 6.12. The maximum Gasteiger partial charge on any atom is 0.410 e. The zero-order valence-corrected chi connectivity index (χ0v) is 18.5. The van der Waals surface area contributed by atoms with Crippen molar-refractivity contribution in [1.29, 1.82) is 5.26 Å². The van der Waals surface area contributed by atoms with Gasteiger partial charge < -0.3 is 20.3 Å². The van der Waals surface area contributed by atoms with E-state index in [1.807, 2.05) is 11.1 Å². The van der Waals surface area contributed by atoms with E-state index in [2.05, 4.69) is 21.7 Å². The highest BCUT2D eigenvalue weighted by Gasteiger charge is 2.52. The van der Waals surface area contributed by atoms with Crippen LogP contribution in [0.15, 0.2) is 35.7 Å². The van der Waals surface area contributed by atoms with Crippen molar-refractivity contribution in [1.82, 2.24) is 20.2 Å². The predicted molar refractivity (Wildman–Crippen MR) is 117 cm³/mol. The van der Waals surface area contributed by atoms with Gasteiger partial charge in [-0.05, 0) is 38.8 Å². The molecule has 10 nitrogen and oxygen atoms in total. The van der Waals surface area contributed by atoms with Gasteiger partial charge in [0, 0.05) is 37.2 Å². The fourth-order valence-corrected chi connectivity index (χ4v) is 4.51. The number of aromatic nitrogens is 1. The fourth-order valence-electron chi connectivity index (χ4n) is 4.51. The molecule has 2 unspecified atom stereocenters. The maximum atomic E-state index is 13.6. The predicted octanol–water partition coefficient (Wildman–Crippen LogP) is 2.18. The molecule has 33 heavy (non-hydrogen) atoms. The molecule has 0 spiro atoms. The molecule has 3 aliphatic heterocycles. The molecule has 3 aliphatic rings. The Labute approximate surface area is 191 Å². The molecule has 1 saturated heterocycles. The van der Waals surface area contributed by atoms with Gasteiger partial charge in [0.2, 0.25) is 11.9 Å². The zero-order valence-electron chi connectivity index (χ0n) is 18.5. The van der Waals surface area contributed by atoms with Gasteiger partial charge in [-0.2, -0.15) is 14.8 Å². The Morgan fingerprint density at radius 2 is 2.21 bits per heavy atom. The Kier molecular flexibility index (Phi) is 6.18. The van der Waals surface area contributed by atoms with Gasteiger partial charge in [-0.1, -0.05) is 0 Å². The van der Waals surface area contributed by atoms with Crippen LogP contribution in [0.25, 0.3) is 0 Å². The number of piperidine rings is 1. The Balaban J connectivity index is 1.61. The highest BCUT2D eigenvalue weighted by Crippen LogP contribution is 2.40. The monoisotopic (exact) mass is 455 g/mol. The van der Waals surface area contributed by atoms with Gasteiger partial charge in [-0.25, -0.2) is 9.78 Å². The molecule has 0 aliphatic carbocycles. The van der Waals surface area contributed by atoms with E-state index in [0.29, 0.717) is 37.5 Å². The maximum absolute atomic E-state index is 13.6. The second-order valence-corrected chi connectivity index (χ2v) is 8.64. The number of pyridine rings is 1. The molecule has 4 heterocycles. The Morgan fingerprint density at radius 3 is 2.88 bits per heavy atom. The molecule has 4 rings (SSSR count). The third kappa shape index (κ3) is 4.46. The Morgan fingerprint density at radius 1 is 1.45 bits per heavy atom. The second-order valence-electron chi connectivity index (χ2n) is 8.64. The molecule has 0 radical (unpaired) electrons. The lowest BCUT2D eigenvalue weighted by molar-refractivity contribution is -0.124. The summed E-state index contributed by atoms with van der Waals surface area (Å²) in [7, 11) is 0. The minimum Gasteiger partial charge on any atom is -0.447 e. The van der Waals surface area contributed by atoms with Crippen LogP contribution < -0.4 is 10.6 Å². The van der Waals surface area contributed by atoms with E-state index >= 15 is 0 Å². The van der Waals surface area contributed by atoms with Gasteiger partial charge in [0.1, 0.15) is 11.8 Å². The molecular formula is C22H26FN7O3. The molecule has 0 saturated carbocycles. The number of nitrogens with one attached hydrogen (secondary N) is 2. The average Bonchev–Trinajstić information content (AvgIpc) is 3.14. The first-order chi connectivity index (χ1) is 15.8. The first-order valence-electron chi connectivity index (χ1n) is 10.9. The number of nitrogens with zero attached hydrogens (tertiary/aromatic N) is 5. The van der Waals surface area contributed by atoms with Crippen molar-refractivity contribution >= 4 is 23.5 Å². The topological polar surface area (TPSA) is 123 Å². The Hall–Kier alpha value is -3.68. The number of hydrazone groups is 1. The summed E-state index contributed by atoms with van der Waals surface area (Å²) in [6.07, 6.45) is 5.32. The number of amidine groups is 1. The molecule has 2 atom stereocenters. The number of fused-ring (bicyclic) bond motifs is 1. The third-order valence-electron chi connectivity index (χ3n) is 6.12. The van der Waals surface area contributed by atoms with E-state index < -0.39 is 23.4 Å². The van der Waals surface area contributed by atoms with E-state index in [4.69, 9.17) is 9.84 Å². The molecule has 0 aromatic carbocycles. The van der Waals surface area contributed by atoms with Crippen molar-refractivity contribution in [2.45, 2.75) is 50.8 Å². The van der Waals surface area contributed by atoms with Crippen LogP contribution in [0.3, 0.4) is 0 Å². The number of carbonyl (C=O) groups excluding carboxylic acids is 2. The second kappa shape index (κ2) is 9.05. The molecule has 0 bridgehead atoms. The molecule has 1 aromatic heterocycles. The normalized spacial score (nSPS) is 23.5. The van der Waals surface area contributed by atoms with Crippen LogP contribution in [0.5, 0.6) is 0 Å². The van der Waals surface area contributed by atoms with Crippen LogP contribution in [-0.2, 0) is 9.53 Å². The van der Waals surface area contributed by atoms with Crippen molar-refractivity contribution in [2.24, 2.45) is 11.0 Å². The first kappa shape index (κ1) is 22.5. The molecule has 1 fully saturated rings. The van der Waals surface area contributed by atoms with Crippen molar-refractivity contribution in [3.05, 3.63) is 36.6 Å². The fraction of sp³-hybridized carbons (Fsp3) is 0.500. The molecule has 174 valence electrons. The zero-order chi connectivity index (χ0) is 23.6. The molecule has 2 amide bonds. The van der Waals surface area contributed by atoms with Crippen molar-refractivity contribution < 1.29 is 18.7 Å². The van der Waals surface area contributed by atoms with Gasteiger partial charge >= 0.3 is 6.09 Å². The minimum absolute atomic E-state index is 0.180. The van der Waals surface area contributed by atoms with Gasteiger partial charge in [-0.3, -0.25) is 9.80 Å². The van der Waals surface area contributed by atoms with Gasteiger partial charge in [0.05, 0.1) is 30.2 Å². The lowest BCUT2D eigenvalue weighted by Gasteiger charge is -2.47. The van der Waals surface area contributed by atoms with Gasteiger partial charge in [0.15, 0.2) is 0 Å². The van der Waals surface area contributed by atoms with E-state index in [0.717, 1.165) is 0 Å². The minimum atomic E-state index is -0.666. The van der Waals surface area contributed by atoms with Crippen LogP contribution in [-0.4, -0.2) is 63.5 Å². The summed E-state index contributed by atoms with van der Waals surface area (Å²) in [5, 5.41) is 21.9. The van der Waals surface area contributed by atoms with Crippen LogP contribution in [0.2, 0.25) is 0 Å². The molecule has 11 heteroatoms. The summed E-state index contributed by atoms with van der Waals surface area (Å²) >= 11 is 0. The van der Waals surface area contributed by atoms with Crippen molar-refractivity contribution in [3.8, 4) is 6.07 Å². The van der Waals surface area contributed by atoms with Gasteiger partial charge in [0.25, 0.3) is 0 Å². The summed E-state index contributed by atoms with van der Waals surface area (Å²) in [4.78, 5) is 30.3. The van der Waals surface area contributed by atoms with E-state index in [-0.39, 0.29) is 24.5 Å². The number of amides is 2. The lowest BCUT2D eigenvalue weighted by Crippen LogP contribution is -2.58. The summed E-state index contributed by atoms with van der Waals surface area (Å²) in [6.45, 7) is 4.41. The number of rotatable bonds is 4. The van der Waals surface area contributed by atoms with Crippen LogP contribution in [0.4, 0.5) is 14.9 Å². The SMILES string of the molecule is CC(C)OC(=O)N1CCC(CC#N)(N2N=C(Nc3ccnc(F)c3)C3C(=O)NC=CC32)CC1. The summed E-state index contributed by atoms with van der Waals surface area (Å²) in [5.74, 6) is -1.17. The molecule has 1 aromatic rings. The summed E-state index contributed by atoms with van der Waals surface area (Å²) in [6, 6.07) is 4.66. The van der Waals surface area contributed by atoms with E-state index in [1.165, 1.54) is 12.3 Å². The molecular weight excluding hydrogens is 429 g/mol. The number of hydrogen-bond donors (Lipinski definition) is 2. The van der Waals surface area contributed by atoms with Crippen molar-refractivity contribution in [2.75, 3.05) is 18.4 Å². The van der Waals surface area contributed by atoms with Gasteiger partial charge in [-0.15, -0.1) is 0 Å². The number of carbonyl (C=O) groups is 2. The number of likely N-dealkylation sites (tertiary alicyclic amines) is 1. The largest absolute Gasteiger partial charge is 0.447 e. The number of halogens is 1. The number of anilines is 1. The number of hydrogen-bond acceptors (Lipinski definition) is 8. The van der Waals surface area contributed by atoms with Crippen LogP contribution in [0, 0.1) is 23.2 Å². The highest BCUT2D eigenvalue weighted by atomic mass is 19.1. The Bertz CT molecular complexity index is 1030. The standard InChI is InChI=1S/C22H26FN7O3/c1-14(2)33-21(32)29-11-6-22(5-8-24,7-12-29)30-16-4-10-26-20(31)18(16)19(28-30)27-15-3-9-25-17(23)13-15/h3-4,9-10,13-14,16,18H,5-7,11-12H2,1-2H3,(H,26,31)(H,25,27,28). The quantitative estimate of drug-likeness (QED) is 0.667. The summed E-state index contributed by atoms with van der Waals surface area (Å²) in [5.41, 5.74) is -0.244. The van der Waals surface area contributed by atoms with E-state index in [9.17, 15) is 19.2 Å². The van der Waals surface area contributed by atoms with Crippen molar-refractivity contribution in [3.63, 3.8) is 0 Å². The average molecular weight is 455 g/mol. The number of nitriles is 1. The number of ether oxygens (including phenoxy) is 1. The van der Waals surface area contributed by atoms with Crippen LogP contribution >= 0.6 is 0 Å². The van der Waals surface area contributed by atoms with E-state index in [1.54, 1.807) is 31.0 Å². The highest BCUT2D eigenvalue weighted by molar-refractivity contribution is 6.11. The smallest absolute Gasteiger partial charge is 0.410 e. The lowest BCUT2D eigenvalue weighted by atomic mass is 9.82.